The lowest BCUT2D eigenvalue weighted by atomic mass is 10.2. The predicted molar refractivity (Wildman–Crippen MR) is 87.2 cm³/mol. The summed E-state index contributed by atoms with van der Waals surface area (Å²) in [6.07, 6.45) is -4.53. The van der Waals surface area contributed by atoms with Gasteiger partial charge < -0.3 is 10.1 Å². The molecule has 3 amide bonds. The highest BCUT2D eigenvalue weighted by atomic mass is 32.2. The van der Waals surface area contributed by atoms with E-state index in [0.29, 0.717) is 10.3 Å². The smallest absolute Gasteiger partial charge is 0.405 e. The number of halogens is 3. The Kier molecular flexibility index (Phi) is 6.67. The maximum atomic E-state index is 11.9. The fraction of sp³-hybridized carbons (Fsp3) is 0.429. The fourth-order valence-corrected chi connectivity index (χ4v) is 4.67. The molecule has 10 heteroatoms. The zero-order valence-electron chi connectivity index (χ0n) is 12.4. The van der Waals surface area contributed by atoms with Crippen molar-refractivity contribution < 1.29 is 27.5 Å². The van der Waals surface area contributed by atoms with Crippen molar-refractivity contribution in [3.63, 3.8) is 0 Å². The first-order valence-electron chi connectivity index (χ1n) is 6.94. The Balaban J connectivity index is 1.72. The Morgan fingerprint density at radius 1 is 1.17 bits per heavy atom. The maximum absolute atomic E-state index is 11.9. The first kappa shape index (κ1) is 18.8. The number of ether oxygens (including phenoxy) is 1. The summed E-state index contributed by atoms with van der Waals surface area (Å²) in [7, 11) is 0. The number of amides is 3. The molecular formula is C14H15F3N2O3S2. The highest BCUT2D eigenvalue weighted by Gasteiger charge is 2.28. The Bertz CT molecular complexity index is 576. The Labute approximate surface area is 145 Å². The van der Waals surface area contributed by atoms with Crippen molar-refractivity contribution in [2.45, 2.75) is 10.8 Å². The van der Waals surface area contributed by atoms with Gasteiger partial charge in [-0.3, -0.25) is 10.1 Å². The van der Waals surface area contributed by atoms with E-state index in [-0.39, 0.29) is 0 Å². The van der Waals surface area contributed by atoms with Crippen LogP contribution in [0.25, 0.3) is 0 Å². The number of alkyl halides is 3. The minimum atomic E-state index is -4.53. The average molecular weight is 380 g/mol. The molecule has 5 nitrogen and oxygen atoms in total. The van der Waals surface area contributed by atoms with Gasteiger partial charge in [0.1, 0.15) is 12.3 Å². The summed E-state index contributed by atoms with van der Waals surface area (Å²) in [6, 6.07) is 6.02. The molecule has 1 aromatic carbocycles. The first-order valence-corrected chi connectivity index (χ1v) is 9.03. The van der Waals surface area contributed by atoms with Crippen LogP contribution >= 0.6 is 23.5 Å². The molecule has 0 saturated carbocycles. The standard InChI is InChI=1S/C14H15F3N2O3S2/c15-14(16,17)8-18-13(21)19-11(20)7-22-10-3-1-9(2-4-10)12-23-5-6-24-12/h1-4,12H,5-8H2,(H2,18,19,20,21). The Morgan fingerprint density at radius 3 is 2.38 bits per heavy atom. The van der Waals surface area contributed by atoms with E-state index in [1.54, 1.807) is 17.4 Å². The Hall–Kier alpha value is -1.55. The van der Waals surface area contributed by atoms with Gasteiger partial charge in [-0.1, -0.05) is 12.1 Å². The van der Waals surface area contributed by atoms with Gasteiger partial charge in [0.05, 0.1) is 4.58 Å². The quantitative estimate of drug-likeness (QED) is 0.822. The molecule has 0 aromatic heterocycles. The molecule has 1 fully saturated rings. The normalized spacial score (nSPS) is 15.1. The van der Waals surface area contributed by atoms with Crippen molar-refractivity contribution >= 4 is 35.5 Å². The lowest BCUT2D eigenvalue weighted by Crippen LogP contribution is -2.44. The molecule has 0 radical (unpaired) electrons. The number of hydrogen-bond acceptors (Lipinski definition) is 5. The number of carbonyl (C=O) groups excluding carboxylic acids is 2. The van der Waals surface area contributed by atoms with E-state index < -0.39 is 31.3 Å². The lowest BCUT2D eigenvalue weighted by Gasteiger charge is -2.11. The van der Waals surface area contributed by atoms with Gasteiger partial charge in [-0.2, -0.15) is 13.2 Å². The van der Waals surface area contributed by atoms with Crippen LogP contribution in [0.4, 0.5) is 18.0 Å². The van der Waals surface area contributed by atoms with Crippen LogP contribution in [0.2, 0.25) is 0 Å². The highest BCUT2D eigenvalue weighted by Crippen LogP contribution is 2.45. The summed E-state index contributed by atoms with van der Waals surface area (Å²) in [5, 5.41) is 3.29. The third-order valence-corrected chi connectivity index (χ3v) is 5.95. The lowest BCUT2D eigenvalue weighted by molar-refractivity contribution is -0.125. The molecule has 1 aromatic rings. The number of carbonyl (C=O) groups is 2. The molecule has 1 aliphatic heterocycles. The summed E-state index contributed by atoms with van der Waals surface area (Å²) >= 11 is 3.73. The van der Waals surface area contributed by atoms with Crippen LogP contribution in [-0.4, -0.2) is 42.8 Å². The van der Waals surface area contributed by atoms with Crippen molar-refractivity contribution in [1.29, 1.82) is 0 Å². The van der Waals surface area contributed by atoms with E-state index in [9.17, 15) is 22.8 Å². The van der Waals surface area contributed by atoms with Gasteiger partial charge >= 0.3 is 12.2 Å². The highest BCUT2D eigenvalue weighted by molar-refractivity contribution is 8.19. The van der Waals surface area contributed by atoms with Crippen LogP contribution in [0.1, 0.15) is 10.1 Å². The summed E-state index contributed by atoms with van der Waals surface area (Å²) in [4.78, 5) is 22.5. The number of imide groups is 1. The van der Waals surface area contributed by atoms with Gasteiger partial charge in [0.25, 0.3) is 5.91 Å². The van der Waals surface area contributed by atoms with Crippen LogP contribution in [0, 0.1) is 0 Å². The van der Waals surface area contributed by atoms with Gasteiger partial charge in [0.15, 0.2) is 6.61 Å². The van der Waals surface area contributed by atoms with Crippen molar-refractivity contribution in [2.24, 2.45) is 0 Å². The zero-order chi connectivity index (χ0) is 17.6. The second-order valence-electron chi connectivity index (χ2n) is 4.78. The zero-order valence-corrected chi connectivity index (χ0v) is 14.0. The Morgan fingerprint density at radius 2 is 1.79 bits per heavy atom. The molecule has 0 atom stereocenters. The van der Waals surface area contributed by atoms with Gasteiger partial charge in [-0.15, -0.1) is 23.5 Å². The van der Waals surface area contributed by atoms with Gasteiger partial charge in [0, 0.05) is 11.5 Å². The number of thioether (sulfide) groups is 2. The molecule has 1 heterocycles. The molecular weight excluding hydrogens is 365 g/mol. The van der Waals surface area contributed by atoms with Crippen LogP contribution in [0.5, 0.6) is 5.75 Å². The van der Waals surface area contributed by atoms with Crippen LogP contribution in [0.3, 0.4) is 0 Å². The van der Waals surface area contributed by atoms with Crippen LogP contribution in [0.15, 0.2) is 24.3 Å². The summed E-state index contributed by atoms with van der Waals surface area (Å²) in [5.41, 5.74) is 1.16. The molecule has 1 aliphatic rings. The number of nitrogens with one attached hydrogen (secondary N) is 2. The van der Waals surface area contributed by atoms with Gasteiger partial charge in [-0.05, 0) is 17.7 Å². The topological polar surface area (TPSA) is 67.4 Å². The average Bonchev–Trinajstić information content (AvgIpc) is 3.05. The van der Waals surface area contributed by atoms with E-state index in [4.69, 9.17) is 4.74 Å². The van der Waals surface area contributed by atoms with Crippen LogP contribution in [-0.2, 0) is 4.79 Å². The minimum absolute atomic E-state index is 0.402. The predicted octanol–water partition coefficient (Wildman–Crippen LogP) is 2.93. The van der Waals surface area contributed by atoms with Crippen molar-refractivity contribution in [3.05, 3.63) is 29.8 Å². The SMILES string of the molecule is O=C(COc1ccc(C2SCCS2)cc1)NC(=O)NCC(F)(F)F. The van der Waals surface area contributed by atoms with E-state index in [1.807, 2.05) is 35.7 Å². The van der Waals surface area contributed by atoms with Crippen molar-refractivity contribution in [2.75, 3.05) is 24.7 Å². The molecule has 2 rings (SSSR count). The third-order valence-electron chi connectivity index (χ3n) is 2.85. The summed E-state index contributed by atoms with van der Waals surface area (Å²) in [6.45, 7) is -1.97. The number of hydrogen-bond donors (Lipinski definition) is 2. The number of urea groups is 1. The van der Waals surface area contributed by atoms with E-state index in [0.717, 1.165) is 17.1 Å². The summed E-state index contributed by atoms with van der Waals surface area (Å²) < 4.78 is 41.3. The molecule has 0 spiro atoms. The number of benzene rings is 1. The number of rotatable bonds is 5. The molecule has 0 aliphatic carbocycles. The molecule has 24 heavy (non-hydrogen) atoms. The summed E-state index contributed by atoms with van der Waals surface area (Å²) in [5.74, 6) is 1.84. The molecule has 1 saturated heterocycles. The minimum Gasteiger partial charge on any atom is -0.484 e. The van der Waals surface area contributed by atoms with Crippen LogP contribution < -0.4 is 15.4 Å². The third kappa shape index (κ3) is 6.52. The molecule has 0 bridgehead atoms. The van der Waals surface area contributed by atoms with E-state index >= 15 is 0 Å². The fourth-order valence-electron chi connectivity index (χ4n) is 1.81. The molecule has 0 unspecified atom stereocenters. The molecule has 2 N–H and O–H groups in total. The van der Waals surface area contributed by atoms with Crippen molar-refractivity contribution in [1.82, 2.24) is 10.6 Å². The monoisotopic (exact) mass is 380 g/mol. The van der Waals surface area contributed by atoms with Crippen molar-refractivity contribution in [3.8, 4) is 5.75 Å². The van der Waals surface area contributed by atoms with E-state index in [1.165, 1.54) is 5.32 Å². The van der Waals surface area contributed by atoms with Gasteiger partial charge in [0.2, 0.25) is 0 Å². The van der Waals surface area contributed by atoms with Gasteiger partial charge in [-0.25, -0.2) is 4.79 Å². The molecule has 132 valence electrons. The maximum Gasteiger partial charge on any atom is 0.405 e. The second-order valence-corrected chi connectivity index (χ2v) is 7.50. The second kappa shape index (κ2) is 8.52. The van der Waals surface area contributed by atoms with E-state index in [2.05, 4.69) is 0 Å². The largest absolute Gasteiger partial charge is 0.484 e. The first-order chi connectivity index (χ1) is 11.3.